The van der Waals surface area contributed by atoms with E-state index in [1.165, 1.54) is 0 Å². The Morgan fingerprint density at radius 2 is 1.67 bits per heavy atom. The Balaban J connectivity index is 1.66. The molecule has 3 rings (SSSR count). The first kappa shape index (κ1) is 24.0. The number of carbonyl (C=O) groups is 3. The second-order valence-electron chi connectivity index (χ2n) is 8.09. The smallest absolute Gasteiger partial charge is 0.407 e. The van der Waals surface area contributed by atoms with E-state index in [0.29, 0.717) is 12.8 Å². The van der Waals surface area contributed by atoms with Crippen molar-refractivity contribution in [3.05, 3.63) is 72.3 Å². The van der Waals surface area contributed by atoms with E-state index in [2.05, 4.69) is 17.2 Å². The molecule has 2 amide bonds. The highest BCUT2D eigenvalue weighted by Crippen LogP contribution is 2.44. The average Bonchev–Trinajstić information content (AvgIpc) is 3.13. The monoisotopic (exact) mass is 450 g/mol. The van der Waals surface area contributed by atoms with Crippen molar-refractivity contribution in [2.24, 2.45) is 0 Å². The molecule has 0 spiro atoms. The van der Waals surface area contributed by atoms with Crippen molar-refractivity contribution >= 4 is 18.0 Å². The van der Waals surface area contributed by atoms with Gasteiger partial charge in [-0.25, -0.2) is 4.79 Å². The topological polar surface area (TPSA) is 105 Å². The second kappa shape index (κ2) is 11.3. The van der Waals surface area contributed by atoms with E-state index in [-0.39, 0.29) is 31.4 Å². The number of carboxylic acids is 1. The zero-order valence-corrected chi connectivity index (χ0v) is 18.8. The van der Waals surface area contributed by atoms with E-state index < -0.39 is 24.0 Å². The molecule has 2 atom stereocenters. The van der Waals surface area contributed by atoms with Crippen LogP contribution in [0.2, 0.25) is 0 Å². The highest BCUT2D eigenvalue weighted by Gasteiger charge is 2.30. The first-order chi connectivity index (χ1) is 15.9. The normalized spacial score (nSPS) is 13.8. The Kier molecular flexibility index (Phi) is 8.24. The molecule has 0 aromatic heterocycles. The molecule has 0 fully saturated rings. The van der Waals surface area contributed by atoms with Gasteiger partial charge in [-0.05, 0) is 41.5 Å². The maximum Gasteiger partial charge on any atom is 0.407 e. The second-order valence-corrected chi connectivity index (χ2v) is 8.09. The number of ether oxygens (including phenoxy) is 1. The van der Waals surface area contributed by atoms with Crippen molar-refractivity contribution < 1.29 is 24.2 Å². The van der Waals surface area contributed by atoms with Gasteiger partial charge in [-0.2, -0.15) is 0 Å². The summed E-state index contributed by atoms with van der Waals surface area (Å²) in [5.41, 5.74) is 4.41. The molecule has 0 saturated heterocycles. The first-order valence-electron chi connectivity index (χ1n) is 11.2. The number of rotatable bonds is 11. The summed E-state index contributed by atoms with van der Waals surface area (Å²) in [6.07, 6.45) is 1.95. The maximum absolute atomic E-state index is 12.7. The van der Waals surface area contributed by atoms with Crippen LogP contribution >= 0.6 is 0 Å². The molecule has 7 nitrogen and oxygen atoms in total. The van der Waals surface area contributed by atoms with Crippen LogP contribution in [-0.4, -0.2) is 41.8 Å². The Morgan fingerprint density at radius 3 is 2.21 bits per heavy atom. The van der Waals surface area contributed by atoms with Gasteiger partial charge in [0.1, 0.15) is 12.6 Å². The van der Waals surface area contributed by atoms with Gasteiger partial charge in [0, 0.05) is 18.4 Å². The number of hydrogen-bond acceptors (Lipinski definition) is 4. The van der Waals surface area contributed by atoms with Crippen molar-refractivity contribution in [1.82, 2.24) is 10.6 Å². The standard InChI is InChI=1S/C26H30N2O5/c1-3-9-17(4-2)27-25(31)23(14-15-24(29)30)28-26(32)33-16-22-20-12-7-5-10-18(20)19-11-6-8-13-21(19)22/h3,5-8,10-13,17,22-23H,1,4,9,14-16H2,2H3,(H,27,31)(H,28,32)(H,29,30). The van der Waals surface area contributed by atoms with Crippen LogP contribution in [0.3, 0.4) is 0 Å². The maximum atomic E-state index is 12.7. The van der Waals surface area contributed by atoms with E-state index in [4.69, 9.17) is 9.84 Å². The summed E-state index contributed by atoms with van der Waals surface area (Å²) in [7, 11) is 0. The summed E-state index contributed by atoms with van der Waals surface area (Å²) >= 11 is 0. The third kappa shape index (κ3) is 6.00. The third-order valence-electron chi connectivity index (χ3n) is 5.89. The minimum atomic E-state index is -1.04. The molecule has 1 aliphatic carbocycles. The van der Waals surface area contributed by atoms with Crippen LogP contribution in [0.5, 0.6) is 0 Å². The lowest BCUT2D eigenvalue weighted by Gasteiger charge is -2.22. The Hall–Kier alpha value is -3.61. The predicted octanol–water partition coefficient (Wildman–Crippen LogP) is 4.23. The quantitative estimate of drug-likeness (QED) is 0.445. The summed E-state index contributed by atoms with van der Waals surface area (Å²) in [6, 6.07) is 14.9. The number of carbonyl (C=O) groups excluding carboxylic acids is 2. The van der Waals surface area contributed by atoms with Gasteiger partial charge in [-0.1, -0.05) is 61.5 Å². The molecule has 7 heteroatoms. The molecule has 2 aromatic carbocycles. The van der Waals surface area contributed by atoms with Gasteiger partial charge >= 0.3 is 12.1 Å². The fraction of sp³-hybridized carbons (Fsp3) is 0.346. The van der Waals surface area contributed by atoms with E-state index in [9.17, 15) is 14.4 Å². The van der Waals surface area contributed by atoms with Gasteiger partial charge in [0.05, 0.1) is 0 Å². The van der Waals surface area contributed by atoms with Crippen molar-refractivity contribution in [2.75, 3.05) is 6.61 Å². The van der Waals surface area contributed by atoms with Crippen LogP contribution in [0.4, 0.5) is 4.79 Å². The van der Waals surface area contributed by atoms with Gasteiger partial charge in [0.2, 0.25) is 5.91 Å². The van der Waals surface area contributed by atoms with Crippen molar-refractivity contribution in [3.8, 4) is 11.1 Å². The van der Waals surface area contributed by atoms with Crippen LogP contribution in [0, 0.1) is 0 Å². The molecule has 1 aliphatic rings. The van der Waals surface area contributed by atoms with Crippen LogP contribution in [-0.2, 0) is 14.3 Å². The number of fused-ring (bicyclic) bond motifs is 3. The Morgan fingerprint density at radius 1 is 1.06 bits per heavy atom. The highest BCUT2D eigenvalue weighted by atomic mass is 16.5. The zero-order chi connectivity index (χ0) is 23.8. The lowest BCUT2D eigenvalue weighted by Crippen LogP contribution is -2.49. The highest BCUT2D eigenvalue weighted by molar-refractivity contribution is 5.86. The van der Waals surface area contributed by atoms with Crippen molar-refractivity contribution in [1.29, 1.82) is 0 Å². The number of alkyl carbamates (subject to hydrolysis) is 1. The first-order valence-corrected chi connectivity index (χ1v) is 11.2. The lowest BCUT2D eigenvalue weighted by molar-refractivity contribution is -0.137. The number of nitrogens with one attached hydrogen (secondary N) is 2. The van der Waals surface area contributed by atoms with Gasteiger partial charge in [-0.15, -0.1) is 6.58 Å². The summed E-state index contributed by atoms with van der Waals surface area (Å²) in [5, 5.41) is 14.4. The Labute approximate surface area is 193 Å². The van der Waals surface area contributed by atoms with Crippen LogP contribution in [0.15, 0.2) is 61.2 Å². The summed E-state index contributed by atoms with van der Waals surface area (Å²) in [6.45, 7) is 5.73. The SMILES string of the molecule is C=CCC(CC)NC(=O)C(CCC(=O)O)NC(=O)OCC1c2ccccc2-c2ccccc21. The molecule has 174 valence electrons. The van der Waals surface area contributed by atoms with Crippen LogP contribution in [0.1, 0.15) is 49.7 Å². The van der Waals surface area contributed by atoms with Gasteiger partial charge in [-0.3, -0.25) is 9.59 Å². The molecule has 0 saturated carbocycles. The molecular formula is C26H30N2O5. The fourth-order valence-electron chi connectivity index (χ4n) is 4.15. The molecule has 0 aliphatic heterocycles. The summed E-state index contributed by atoms with van der Waals surface area (Å²) < 4.78 is 5.51. The van der Waals surface area contributed by atoms with E-state index in [0.717, 1.165) is 22.3 Å². The number of carboxylic acid groups (broad SMARTS) is 1. The zero-order valence-electron chi connectivity index (χ0n) is 18.8. The minimum absolute atomic E-state index is 0.0319. The molecule has 2 unspecified atom stereocenters. The Bertz CT molecular complexity index is 974. The molecule has 33 heavy (non-hydrogen) atoms. The van der Waals surface area contributed by atoms with E-state index in [1.807, 2.05) is 55.5 Å². The van der Waals surface area contributed by atoms with Crippen molar-refractivity contribution in [3.63, 3.8) is 0 Å². The minimum Gasteiger partial charge on any atom is -0.481 e. The van der Waals surface area contributed by atoms with Gasteiger partial charge in [0.15, 0.2) is 0 Å². The number of benzene rings is 2. The predicted molar refractivity (Wildman–Crippen MR) is 126 cm³/mol. The molecule has 0 radical (unpaired) electrons. The summed E-state index contributed by atoms with van der Waals surface area (Å²) in [4.78, 5) is 36.3. The number of amides is 2. The number of hydrogen-bond donors (Lipinski definition) is 3. The van der Waals surface area contributed by atoms with Crippen LogP contribution < -0.4 is 10.6 Å². The summed E-state index contributed by atoms with van der Waals surface area (Å²) in [5.74, 6) is -1.58. The lowest BCUT2D eigenvalue weighted by atomic mass is 9.98. The molecule has 2 aromatic rings. The molecule has 3 N–H and O–H groups in total. The fourth-order valence-corrected chi connectivity index (χ4v) is 4.15. The molecule has 0 bridgehead atoms. The van der Waals surface area contributed by atoms with Crippen LogP contribution in [0.25, 0.3) is 11.1 Å². The number of aliphatic carboxylic acids is 1. The van der Waals surface area contributed by atoms with E-state index >= 15 is 0 Å². The van der Waals surface area contributed by atoms with Gasteiger partial charge < -0.3 is 20.5 Å². The van der Waals surface area contributed by atoms with Gasteiger partial charge in [0.25, 0.3) is 0 Å². The largest absolute Gasteiger partial charge is 0.481 e. The average molecular weight is 451 g/mol. The van der Waals surface area contributed by atoms with Crippen molar-refractivity contribution in [2.45, 2.75) is 50.6 Å². The molecular weight excluding hydrogens is 420 g/mol. The van der Waals surface area contributed by atoms with E-state index in [1.54, 1.807) is 6.08 Å². The third-order valence-corrected chi connectivity index (χ3v) is 5.89. The molecule has 0 heterocycles.